The predicted molar refractivity (Wildman–Crippen MR) is 73.8 cm³/mol. The maximum Gasteiger partial charge on any atom is 0.426 e. The van der Waals surface area contributed by atoms with Crippen LogP contribution in [0.25, 0.3) is 11.3 Å². The second kappa shape index (κ2) is 5.75. The summed E-state index contributed by atoms with van der Waals surface area (Å²) in [6.07, 6.45) is 1.22. The molecule has 2 aromatic rings. The number of hydrogen-bond acceptors (Lipinski definition) is 3. The molecule has 2 rings (SSSR count). The first-order chi connectivity index (χ1) is 9.10. The van der Waals surface area contributed by atoms with Crippen molar-refractivity contribution >= 4 is 17.7 Å². The lowest BCUT2D eigenvalue weighted by Crippen LogP contribution is -2.23. The van der Waals surface area contributed by atoms with Gasteiger partial charge in [-0.05, 0) is 26.0 Å². The second-order valence-electron chi connectivity index (χ2n) is 3.88. The van der Waals surface area contributed by atoms with Crippen LogP contribution in [0.5, 0.6) is 0 Å². The summed E-state index contributed by atoms with van der Waals surface area (Å²) >= 11 is 5.84. The number of rotatable bonds is 3. The molecule has 0 saturated carbocycles. The first-order valence-corrected chi connectivity index (χ1v) is 6.23. The fraction of sp³-hybridized carbons (Fsp3) is 0.231. The van der Waals surface area contributed by atoms with E-state index in [1.165, 1.54) is 4.68 Å². The van der Waals surface area contributed by atoms with E-state index >= 15 is 0 Å². The number of aryl methyl sites for hydroxylation is 1. The van der Waals surface area contributed by atoms with Crippen LogP contribution in [0.3, 0.4) is 0 Å². The summed E-state index contributed by atoms with van der Waals surface area (Å²) in [6, 6.07) is 7.34. The average molecular weight is 280 g/mol. The summed E-state index contributed by atoms with van der Waals surface area (Å²) in [4.78, 5) is 15.7. The monoisotopic (exact) mass is 279 g/mol. The zero-order valence-corrected chi connectivity index (χ0v) is 11.4. The lowest BCUT2D eigenvalue weighted by atomic mass is 10.2. The van der Waals surface area contributed by atoms with Crippen molar-refractivity contribution in [2.24, 2.45) is 0 Å². The zero-order chi connectivity index (χ0) is 13.8. The first-order valence-electron chi connectivity index (χ1n) is 5.86. The van der Waals surface area contributed by atoms with E-state index in [1.807, 2.05) is 12.1 Å². The summed E-state index contributed by atoms with van der Waals surface area (Å²) in [6.45, 7) is 3.87. The smallest absolute Gasteiger partial charge is 0.426 e. The number of amides is 1. The van der Waals surface area contributed by atoms with E-state index in [2.05, 4.69) is 10.4 Å². The Kier molecular flexibility index (Phi) is 4.06. The Morgan fingerprint density at radius 2 is 2.11 bits per heavy atom. The third-order valence-electron chi connectivity index (χ3n) is 2.51. The van der Waals surface area contributed by atoms with Crippen LogP contribution in [0.15, 0.2) is 30.5 Å². The van der Waals surface area contributed by atoms with Gasteiger partial charge >= 0.3 is 6.09 Å². The third kappa shape index (κ3) is 3.26. The molecule has 0 atom stereocenters. The van der Waals surface area contributed by atoms with Crippen LogP contribution in [0.1, 0.15) is 12.7 Å². The van der Waals surface area contributed by atoms with Crippen LogP contribution in [0, 0.1) is 6.92 Å². The lowest BCUT2D eigenvalue weighted by Gasteiger charge is -2.06. The van der Waals surface area contributed by atoms with Gasteiger partial charge < -0.3 is 4.74 Å². The summed E-state index contributed by atoms with van der Waals surface area (Å²) < 4.78 is 6.35. The molecule has 0 saturated heterocycles. The number of ether oxygens (including phenoxy) is 1. The van der Waals surface area contributed by atoms with Gasteiger partial charge in [0.05, 0.1) is 18.5 Å². The lowest BCUT2D eigenvalue weighted by molar-refractivity contribution is 0.164. The van der Waals surface area contributed by atoms with Gasteiger partial charge in [0.15, 0.2) is 0 Å². The summed E-state index contributed by atoms with van der Waals surface area (Å²) in [5, 5.41) is 0.671. The molecule has 1 amide bonds. The van der Waals surface area contributed by atoms with Gasteiger partial charge in [0.2, 0.25) is 0 Å². The summed E-state index contributed by atoms with van der Waals surface area (Å²) in [5.41, 5.74) is 4.26. The van der Waals surface area contributed by atoms with E-state index < -0.39 is 6.09 Å². The highest BCUT2D eigenvalue weighted by Gasteiger charge is 2.09. The molecule has 1 aromatic carbocycles. The highest BCUT2D eigenvalue weighted by Crippen LogP contribution is 2.20. The Bertz CT molecular complexity index is 578. The van der Waals surface area contributed by atoms with Gasteiger partial charge in [-0.15, -0.1) is 0 Å². The molecular weight excluding hydrogens is 266 g/mol. The van der Waals surface area contributed by atoms with Gasteiger partial charge in [0.1, 0.15) is 5.82 Å². The maximum absolute atomic E-state index is 11.4. The standard InChI is InChI=1S/C13H14ClN3O2/c1-3-19-13(18)16-17-8-12(15-9(17)2)10-4-6-11(14)7-5-10/h4-8H,3H2,1-2H3,(H,16,18). The molecule has 5 nitrogen and oxygen atoms in total. The van der Waals surface area contributed by atoms with E-state index in [0.717, 1.165) is 11.3 Å². The van der Waals surface area contributed by atoms with E-state index in [-0.39, 0.29) is 0 Å². The van der Waals surface area contributed by atoms with Crippen molar-refractivity contribution < 1.29 is 9.53 Å². The van der Waals surface area contributed by atoms with Crippen molar-refractivity contribution in [1.82, 2.24) is 9.66 Å². The highest BCUT2D eigenvalue weighted by molar-refractivity contribution is 6.30. The Balaban J connectivity index is 2.21. The average Bonchev–Trinajstić information content (AvgIpc) is 2.72. The van der Waals surface area contributed by atoms with Crippen LogP contribution in [-0.2, 0) is 4.74 Å². The summed E-state index contributed by atoms with van der Waals surface area (Å²) in [5.74, 6) is 0.665. The number of imidazole rings is 1. The number of nitrogens with one attached hydrogen (secondary N) is 1. The van der Waals surface area contributed by atoms with Crippen LogP contribution in [0.2, 0.25) is 5.02 Å². The fourth-order valence-electron chi connectivity index (χ4n) is 1.61. The molecule has 0 spiro atoms. The SMILES string of the molecule is CCOC(=O)Nn1cc(-c2ccc(Cl)cc2)nc1C. The fourth-order valence-corrected chi connectivity index (χ4v) is 1.73. The Morgan fingerprint density at radius 3 is 2.74 bits per heavy atom. The number of hydrogen-bond donors (Lipinski definition) is 1. The van der Waals surface area contributed by atoms with Gasteiger partial charge in [-0.2, -0.15) is 0 Å². The van der Waals surface area contributed by atoms with Crippen molar-refractivity contribution in [2.75, 3.05) is 12.0 Å². The molecule has 0 aliphatic heterocycles. The quantitative estimate of drug-likeness (QED) is 0.938. The Hall–Kier alpha value is -2.01. The molecule has 1 heterocycles. The van der Waals surface area contributed by atoms with Gasteiger partial charge in [0, 0.05) is 10.6 Å². The highest BCUT2D eigenvalue weighted by atomic mass is 35.5. The molecule has 0 unspecified atom stereocenters. The molecule has 0 aliphatic rings. The number of carbonyl (C=O) groups is 1. The van der Waals surface area contributed by atoms with Crippen molar-refractivity contribution in [1.29, 1.82) is 0 Å². The van der Waals surface area contributed by atoms with E-state index in [9.17, 15) is 4.79 Å². The molecule has 0 fully saturated rings. The molecule has 1 aromatic heterocycles. The topological polar surface area (TPSA) is 56.1 Å². The van der Waals surface area contributed by atoms with Gasteiger partial charge in [-0.25, -0.2) is 19.9 Å². The minimum absolute atomic E-state index is 0.323. The normalized spacial score (nSPS) is 10.3. The zero-order valence-electron chi connectivity index (χ0n) is 10.7. The maximum atomic E-state index is 11.4. The van der Waals surface area contributed by atoms with Crippen molar-refractivity contribution in [3.63, 3.8) is 0 Å². The van der Waals surface area contributed by atoms with E-state index in [1.54, 1.807) is 32.2 Å². The van der Waals surface area contributed by atoms with Crippen LogP contribution in [0.4, 0.5) is 4.79 Å². The van der Waals surface area contributed by atoms with Crippen LogP contribution in [-0.4, -0.2) is 22.4 Å². The Labute approximate surface area is 116 Å². The second-order valence-corrected chi connectivity index (χ2v) is 4.32. The molecule has 100 valence electrons. The summed E-state index contributed by atoms with van der Waals surface area (Å²) in [7, 11) is 0. The molecular formula is C13H14ClN3O2. The molecule has 6 heteroatoms. The largest absolute Gasteiger partial charge is 0.449 e. The Morgan fingerprint density at radius 1 is 1.42 bits per heavy atom. The molecule has 0 bridgehead atoms. The molecule has 19 heavy (non-hydrogen) atoms. The minimum Gasteiger partial charge on any atom is -0.449 e. The number of aromatic nitrogens is 2. The van der Waals surface area contributed by atoms with Crippen molar-refractivity contribution in [3.05, 3.63) is 41.3 Å². The van der Waals surface area contributed by atoms with Gasteiger partial charge in [0.25, 0.3) is 0 Å². The molecule has 0 radical (unpaired) electrons. The first kappa shape index (κ1) is 13.4. The van der Waals surface area contributed by atoms with Gasteiger partial charge in [-0.3, -0.25) is 0 Å². The predicted octanol–water partition coefficient (Wildman–Crippen LogP) is 3.21. The number of benzene rings is 1. The molecule has 0 aliphatic carbocycles. The van der Waals surface area contributed by atoms with Gasteiger partial charge in [-0.1, -0.05) is 23.7 Å². The number of carbonyl (C=O) groups excluding carboxylic acids is 1. The number of nitrogens with zero attached hydrogens (tertiary/aromatic N) is 2. The van der Waals surface area contributed by atoms with E-state index in [4.69, 9.17) is 16.3 Å². The van der Waals surface area contributed by atoms with Crippen LogP contribution >= 0.6 is 11.6 Å². The minimum atomic E-state index is -0.509. The van der Waals surface area contributed by atoms with E-state index in [0.29, 0.717) is 17.5 Å². The van der Waals surface area contributed by atoms with Crippen molar-refractivity contribution in [3.8, 4) is 11.3 Å². The number of halogens is 1. The third-order valence-corrected chi connectivity index (χ3v) is 2.76. The van der Waals surface area contributed by atoms with Crippen LogP contribution < -0.4 is 5.43 Å². The van der Waals surface area contributed by atoms with Crippen molar-refractivity contribution in [2.45, 2.75) is 13.8 Å². The molecule has 1 N–H and O–H groups in total.